The molecule has 2 heterocycles. The summed E-state index contributed by atoms with van der Waals surface area (Å²) in [4.78, 5) is 19.3. The highest BCUT2D eigenvalue weighted by atomic mass is 16.1. The summed E-state index contributed by atoms with van der Waals surface area (Å²) >= 11 is 0. The first-order valence-electron chi connectivity index (χ1n) is 9.82. The average molecular weight is 354 g/mol. The molecular weight excluding hydrogens is 324 g/mol. The smallest absolute Gasteiger partial charge is 0.251 e. The highest BCUT2D eigenvalue weighted by Crippen LogP contribution is 2.14. The van der Waals surface area contributed by atoms with Crippen LogP contribution in [0.4, 0.5) is 0 Å². The molecule has 0 radical (unpaired) electrons. The predicted octanol–water partition coefficient (Wildman–Crippen LogP) is 3.47. The van der Waals surface area contributed by atoms with Crippen LogP contribution in [0.25, 0.3) is 0 Å². The summed E-state index contributed by atoms with van der Waals surface area (Å²) in [6.45, 7) is 6.11. The standard InChI is InChI=1S/C21H30N4O/c1-2-20(16-25-13-10-22-17-25)23-21(26)19-9-7-8-18(14-19)15-24-11-5-3-4-6-12-24/h7-10,13-14,17,20H,2-6,11-12,15-16H2,1H3,(H,23,26)/t20-/m1/s1. The zero-order valence-corrected chi connectivity index (χ0v) is 15.7. The van der Waals surface area contributed by atoms with Crippen LogP contribution in [0.2, 0.25) is 0 Å². The summed E-state index contributed by atoms with van der Waals surface area (Å²) in [5, 5.41) is 3.16. The summed E-state index contributed by atoms with van der Waals surface area (Å²) in [5.74, 6) is 0.00896. The van der Waals surface area contributed by atoms with Crippen LogP contribution >= 0.6 is 0 Å². The van der Waals surface area contributed by atoms with E-state index in [-0.39, 0.29) is 11.9 Å². The second-order valence-corrected chi connectivity index (χ2v) is 7.23. The Bertz CT molecular complexity index is 675. The molecule has 1 atom stereocenters. The maximum Gasteiger partial charge on any atom is 0.251 e. The fourth-order valence-corrected chi connectivity index (χ4v) is 3.56. The van der Waals surface area contributed by atoms with E-state index >= 15 is 0 Å². The van der Waals surface area contributed by atoms with E-state index in [9.17, 15) is 4.79 Å². The molecule has 1 aromatic heterocycles. The molecule has 0 saturated carbocycles. The molecule has 5 heteroatoms. The Hall–Kier alpha value is -2.14. The molecule has 1 fully saturated rings. The lowest BCUT2D eigenvalue weighted by atomic mass is 10.1. The Morgan fingerprint density at radius 3 is 2.73 bits per heavy atom. The molecule has 3 rings (SSSR count). The number of hydrogen-bond donors (Lipinski definition) is 1. The van der Waals surface area contributed by atoms with Crippen LogP contribution in [0.15, 0.2) is 43.0 Å². The van der Waals surface area contributed by atoms with Gasteiger partial charge in [-0.3, -0.25) is 9.69 Å². The predicted molar refractivity (Wildman–Crippen MR) is 104 cm³/mol. The lowest BCUT2D eigenvalue weighted by Gasteiger charge is -2.20. The van der Waals surface area contributed by atoms with Crippen molar-refractivity contribution < 1.29 is 4.79 Å². The molecular formula is C21H30N4O. The van der Waals surface area contributed by atoms with Gasteiger partial charge in [-0.1, -0.05) is 31.9 Å². The van der Waals surface area contributed by atoms with Crippen LogP contribution in [0.1, 0.15) is 54.9 Å². The molecule has 0 aliphatic carbocycles. The van der Waals surface area contributed by atoms with Crippen LogP contribution in [0.5, 0.6) is 0 Å². The average Bonchev–Trinajstić information content (AvgIpc) is 3.04. The fraction of sp³-hybridized carbons (Fsp3) is 0.524. The van der Waals surface area contributed by atoms with Gasteiger partial charge < -0.3 is 9.88 Å². The third kappa shape index (κ3) is 5.43. The third-order valence-electron chi connectivity index (χ3n) is 5.11. The lowest BCUT2D eigenvalue weighted by Crippen LogP contribution is -2.37. The Balaban J connectivity index is 1.59. The number of nitrogens with one attached hydrogen (secondary N) is 1. The van der Waals surface area contributed by atoms with Gasteiger partial charge in [0.1, 0.15) is 0 Å². The molecule has 1 saturated heterocycles. The molecule has 0 spiro atoms. The Morgan fingerprint density at radius 2 is 2.04 bits per heavy atom. The zero-order chi connectivity index (χ0) is 18.2. The van der Waals surface area contributed by atoms with Crippen LogP contribution in [-0.4, -0.2) is 39.5 Å². The van der Waals surface area contributed by atoms with Crippen molar-refractivity contribution in [2.45, 2.75) is 58.2 Å². The third-order valence-corrected chi connectivity index (χ3v) is 5.11. The monoisotopic (exact) mass is 354 g/mol. The number of carbonyl (C=O) groups excluding carboxylic acids is 1. The van der Waals surface area contributed by atoms with Crippen molar-refractivity contribution in [3.63, 3.8) is 0 Å². The molecule has 26 heavy (non-hydrogen) atoms. The van der Waals surface area contributed by atoms with Crippen LogP contribution in [0, 0.1) is 0 Å². The lowest BCUT2D eigenvalue weighted by molar-refractivity contribution is 0.0931. The van der Waals surface area contributed by atoms with Crippen LogP contribution in [-0.2, 0) is 13.1 Å². The van der Waals surface area contributed by atoms with Gasteiger partial charge in [0.05, 0.1) is 6.33 Å². The van der Waals surface area contributed by atoms with Crippen molar-refractivity contribution in [3.8, 4) is 0 Å². The number of amides is 1. The molecule has 1 amide bonds. The summed E-state index contributed by atoms with van der Waals surface area (Å²) in [6.07, 6.45) is 11.6. The minimum absolute atomic E-state index is 0.00896. The Morgan fingerprint density at radius 1 is 1.23 bits per heavy atom. The number of rotatable bonds is 7. The van der Waals surface area contributed by atoms with Crippen molar-refractivity contribution >= 4 is 5.91 Å². The number of aromatic nitrogens is 2. The molecule has 1 aromatic carbocycles. The molecule has 1 aliphatic heterocycles. The zero-order valence-electron chi connectivity index (χ0n) is 15.7. The van der Waals surface area contributed by atoms with Crippen molar-refractivity contribution in [1.82, 2.24) is 19.8 Å². The number of benzene rings is 1. The molecule has 1 aliphatic rings. The van der Waals surface area contributed by atoms with Gasteiger partial charge in [-0.25, -0.2) is 4.98 Å². The molecule has 140 valence electrons. The Labute approximate surface area is 156 Å². The van der Waals surface area contributed by atoms with Gasteiger partial charge in [-0.2, -0.15) is 0 Å². The highest BCUT2D eigenvalue weighted by Gasteiger charge is 2.14. The maximum absolute atomic E-state index is 12.7. The highest BCUT2D eigenvalue weighted by molar-refractivity contribution is 5.94. The van der Waals surface area contributed by atoms with E-state index in [2.05, 4.69) is 28.2 Å². The van der Waals surface area contributed by atoms with E-state index in [1.165, 1.54) is 44.3 Å². The van der Waals surface area contributed by atoms with Crippen molar-refractivity contribution in [2.24, 2.45) is 0 Å². The van der Waals surface area contributed by atoms with Gasteiger partial charge in [0.15, 0.2) is 0 Å². The number of imidazole rings is 1. The van der Waals surface area contributed by atoms with Gasteiger partial charge in [-0.05, 0) is 50.0 Å². The van der Waals surface area contributed by atoms with E-state index in [4.69, 9.17) is 0 Å². The Kier molecular flexibility index (Phi) is 6.83. The first kappa shape index (κ1) is 18.6. The minimum Gasteiger partial charge on any atom is -0.348 e. The van der Waals surface area contributed by atoms with Crippen LogP contribution in [0.3, 0.4) is 0 Å². The van der Waals surface area contributed by atoms with E-state index in [0.29, 0.717) is 0 Å². The molecule has 0 bridgehead atoms. The van der Waals surface area contributed by atoms with Crippen molar-refractivity contribution in [1.29, 1.82) is 0 Å². The van der Waals surface area contributed by atoms with Crippen LogP contribution < -0.4 is 5.32 Å². The normalized spacial score (nSPS) is 16.8. The second-order valence-electron chi connectivity index (χ2n) is 7.23. The van der Waals surface area contributed by atoms with Crippen molar-refractivity contribution in [3.05, 3.63) is 54.1 Å². The van der Waals surface area contributed by atoms with Gasteiger partial charge in [0.2, 0.25) is 0 Å². The first-order valence-corrected chi connectivity index (χ1v) is 9.82. The van der Waals surface area contributed by atoms with E-state index in [1.54, 1.807) is 12.5 Å². The van der Waals surface area contributed by atoms with Gasteiger partial charge in [-0.15, -0.1) is 0 Å². The number of hydrogen-bond acceptors (Lipinski definition) is 3. The first-order chi connectivity index (χ1) is 12.7. The van der Waals surface area contributed by atoms with E-state index < -0.39 is 0 Å². The fourth-order valence-electron chi connectivity index (χ4n) is 3.56. The van der Waals surface area contributed by atoms with Gasteiger partial charge >= 0.3 is 0 Å². The largest absolute Gasteiger partial charge is 0.348 e. The summed E-state index contributed by atoms with van der Waals surface area (Å²) in [7, 11) is 0. The summed E-state index contributed by atoms with van der Waals surface area (Å²) in [5.41, 5.74) is 1.98. The number of carbonyl (C=O) groups is 1. The number of nitrogens with zero attached hydrogens (tertiary/aromatic N) is 3. The second kappa shape index (κ2) is 9.53. The topological polar surface area (TPSA) is 50.2 Å². The minimum atomic E-state index is 0.00896. The summed E-state index contributed by atoms with van der Waals surface area (Å²) in [6, 6.07) is 8.18. The molecule has 2 aromatic rings. The van der Waals surface area contributed by atoms with Gasteiger partial charge in [0, 0.05) is 37.1 Å². The number of likely N-dealkylation sites (tertiary alicyclic amines) is 1. The molecule has 5 nitrogen and oxygen atoms in total. The van der Waals surface area contributed by atoms with E-state index in [1.807, 2.05) is 29.0 Å². The SMILES string of the molecule is CC[C@H](Cn1ccnc1)NC(=O)c1cccc(CN2CCCCCC2)c1. The quantitative estimate of drug-likeness (QED) is 0.828. The maximum atomic E-state index is 12.7. The summed E-state index contributed by atoms with van der Waals surface area (Å²) < 4.78 is 2.00. The molecule has 0 unspecified atom stereocenters. The van der Waals surface area contributed by atoms with Crippen molar-refractivity contribution in [2.75, 3.05) is 13.1 Å². The molecule has 1 N–H and O–H groups in total. The van der Waals surface area contributed by atoms with Gasteiger partial charge in [0.25, 0.3) is 5.91 Å². The van der Waals surface area contributed by atoms with E-state index in [0.717, 1.165) is 25.1 Å².